The molecule has 1 aliphatic heterocycles. The average molecular weight is 305 g/mol. The number of carbonyl (C=O) groups excluding carboxylic acids is 3. The van der Waals surface area contributed by atoms with Crippen LogP contribution in [0.3, 0.4) is 0 Å². The number of amides is 3. The fourth-order valence-corrected chi connectivity index (χ4v) is 2.35. The number of nitrogens with zero attached hydrogens (tertiary/aromatic N) is 2. The zero-order chi connectivity index (χ0) is 16.1. The molecule has 1 fully saturated rings. The molecule has 1 aromatic rings. The second kappa shape index (κ2) is 7.04. The topological polar surface area (TPSA) is 92.9 Å². The van der Waals surface area contributed by atoms with Crippen LogP contribution >= 0.6 is 0 Å². The second-order valence-electron chi connectivity index (χ2n) is 5.20. The van der Waals surface area contributed by atoms with Crippen LogP contribution in [-0.2, 0) is 25.7 Å². The van der Waals surface area contributed by atoms with Crippen molar-refractivity contribution >= 4 is 17.7 Å². The molecule has 0 spiro atoms. The number of carbonyl (C=O) groups is 3. The number of primary amides is 1. The molecule has 0 bridgehead atoms. The van der Waals surface area contributed by atoms with Gasteiger partial charge in [-0.3, -0.25) is 14.4 Å². The third-order valence-corrected chi connectivity index (χ3v) is 3.45. The number of benzene rings is 1. The lowest BCUT2D eigenvalue weighted by molar-refractivity contribution is -0.159. The highest BCUT2D eigenvalue weighted by Gasteiger charge is 2.35. The first-order valence-electron chi connectivity index (χ1n) is 6.93. The van der Waals surface area contributed by atoms with Gasteiger partial charge in [0.2, 0.25) is 17.7 Å². The monoisotopic (exact) mass is 305 g/mol. The number of likely N-dealkylation sites (N-methyl/N-ethyl adjacent to an activating group) is 1. The van der Waals surface area contributed by atoms with Crippen LogP contribution in [0.25, 0.3) is 0 Å². The van der Waals surface area contributed by atoms with E-state index in [1.807, 2.05) is 30.3 Å². The Morgan fingerprint density at radius 3 is 2.68 bits per heavy atom. The molecule has 1 atom stereocenters. The average Bonchev–Trinajstić information content (AvgIpc) is 2.49. The third-order valence-electron chi connectivity index (χ3n) is 3.45. The van der Waals surface area contributed by atoms with E-state index in [-0.39, 0.29) is 31.6 Å². The van der Waals surface area contributed by atoms with Crippen molar-refractivity contribution in [2.45, 2.75) is 12.6 Å². The van der Waals surface area contributed by atoms with E-state index in [1.54, 1.807) is 0 Å². The smallest absolute Gasteiger partial charge is 0.249 e. The van der Waals surface area contributed by atoms with Crippen molar-refractivity contribution in [1.82, 2.24) is 9.80 Å². The predicted molar refractivity (Wildman–Crippen MR) is 78.4 cm³/mol. The number of morpholine rings is 1. The molecule has 1 aliphatic rings. The lowest BCUT2D eigenvalue weighted by Crippen LogP contribution is -2.56. The molecule has 1 saturated heterocycles. The second-order valence-corrected chi connectivity index (χ2v) is 5.20. The quantitative estimate of drug-likeness (QED) is 0.783. The first kappa shape index (κ1) is 16.0. The molecule has 2 rings (SSSR count). The lowest BCUT2D eigenvalue weighted by atomic mass is 10.1. The Labute approximate surface area is 128 Å². The van der Waals surface area contributed by atoms with Crippen LogP contribution < -0.4 is 5.73 Å². The van der Waals surface area contributed by atoms with Gasteiger partial charge in [-0.15, -0.1) is 0 Å². The molecule has 1 heterocycles. The van der Waals surface area contributed by atoms with Gasteiger partial charge in [-0.1, -0.05) is 30.3 Å². The van der Waals surface area contributed by atoms with Crippen LogP contribution in [0.5, 0.6) is 0 Å². The van der Waals surface area contributed by atoms with Crippen molar-refractivity contribution in [2.24, 2.45) is 5.73 Å². The molecule has 118 valence electrons. The molecule has 2 N–H and O–H groups in total. The number of rotatable bonds is 5. The van der Waals surface area contributed by atoms with E-state index in [0.717, 1.165) is 5.56 Å². The van der Waals surface area contributed by atoms with E-state index < -0.39 is 11.9 Å². The minimum atomic E-state index is -0.745. The Bertz CT molecular complexity index is 561. The summed E-state index contributed by atoms with van der Waals surface area (Å²) in [5.74, 6) is -1.21. The Balaban J connectivity index is 2.14. The maximum atomic E-state index is 12.4. The summed E-state index contributed by atoms with van der Waals surface area (Å²) < 4.78 is 5.18. The predicted octanol–water partition coefficient (Wildman–Crippen LogP) is -0.642. The molecule has 0 unspecified atom stereocenters. The molecule has 0 aliphatic carbocycles. The number of nitrogens with two attached hydrogens (primary N) is 1. The van der Waals surface area contributed by atoms with E-state index in [4.69, 9.17) is 10.5 Å². The third kappa shape index (κ3) is 3.82. The van der Waals surface area contributed by atoms with Gasteiger partial charge in [0.1, 0.15) is 12.6 Å². The van der Waals surface area contributed by atoms with Gasteiger partial charge in [-0.2, -0.15) is 0 Å². The Kier molecular flexibility index (Phi) is 5.11. The van der Waals surface area contributed by atoms with Crippen molar-refractivity contribution < 1.29 is 19.1 Å². The first-order valence-corrected chi connectivity index (χ1v) is 6.93. The van der Waals surface area contributed by atoms with Gasteiger partial charge >= 0.3 is 0 Å². The van der Waals surface area contributed by atoms with E-state index in [0.29, 0.717) is 6.54 Å². The summed E-state index contributed by atoms with van der Waals surface area (Å²) in [7, 11) is 1.48. The van der Waals surface area contributed by atoms with Crippen LogP contribution in [0.2, 0.25) is 0 Å². The number of ether oxygens (including phenoxy) is 1. The highest BCUT2D eigenvalue weighted by Crippen LogP contribution is 2.15. The first-order chi connectivity index (χ1) is 10.5. The summed E-state index contributed by atoms with van der Waals surface area (Å²) in [6.07, 6.45) is 0. The Hall–Kier alpha value is -2.41. The molecule has 0 aromatic heterocycles. The van der Waals surface area contributed by atoms with Crippen LogP contribution in [0.15, 0.2) is 30.3 Å². The van der Waals surface area contributed by atoms with Gasteiger partial charge in [-0.25, -0.2) is 0 Å². The van der Waals surface area contributed by atoms with Crippen molar-refractivity contribution in [3.63, 3.8) is 0 Å². The van der Waals surface area contributed by atoms with Crippen LogP contribution in [0, 0.1) is 0 Å². The van der Waals surface area contributed by atoms with Crippen molar-refractivity contribution in [3.05, 3.63) is 35.9 Å². The van der Waals surface area contributed by atoms with Crippen molar-refractivity contribution in [3.8, 4) is 0 Å². The standard InChI is InChI=1S/C15H19N3O4/c1-17(8-13(16)19)15(21)12-9-22-10-14(20)18(12)7-11-5-3-2-4-6-11/h2-6,12H,7-10H2,1H3,(H2,16,19)/t12-/m1/s1. The summed E-state index contributed by atoms with van der Waals surface area (Å²) in [5.41, 5.74) is 6.03. The molecular formula is C15H19N3O4. The van der Waals surface area contributed by atoms with E-state index in [1.165, 1.54) is 16.8 Å². The largest absolute Gasteiger partial charge is 0.369 e. The summed E-state index contributed by atoms with van der Waals surface area (Å²) in [6, 6.07) is 8.65. The van der Waals surface area contributed by atoms with Crippen LogP contribution in [0.4, 0.5) is 0 Å². The SMILES string of the molecule is CN(CC(N)=O)C(=O)[C@H]1COCC(=O)N1Cc1ccccc1. The molecular weight excluding hydrogens is 286 g/mol. The fraction of sp³-hybridized carbons (Fsp3) is 0.400. The van der Waals surface area contributed by atoms with Crippen molar-refractivity contribution in [1.29, 1.82) is 0 Å². The summed E-state index contributed by atoms with van der Waals surface area (Å²) in [6.45, 7) is 0.198. The zero-order valence-corrected chi connectivity index (χ0v) is 12.4. The molecule has 0 saturated carbocycles. The molecule has 3 amide bonds. The summed E-state index contributed by atoms with van der Waals surface area (Å²) >= 11 is 0. The molecule has 22 heavy (non-hydrogen) atoms. The van der Waals surface area contributed by atoms with E-state index in [9.17, 15) is 14.4 Å². The molecule has 0 radical (unpaired) electrons. The molecule has 7 heteroatoms. The fourth-order valence-electron chi connectivity index (χ4n) is 2.35. The van der Waals surface area contributed by atoms with E-state index >= 15 is 0 Å². The molecule has 1 aromatic carbocycles. The van der Waals surface area contributed by atoms with Crippen LogP contribution in [-0.4, -0.2) is 60.4 Å². The lowest BCUT2D eigenvalue weighted by Gasteiger charge is -2.36. The van der Waals surface area contributed by atoms with Gasteiger partial charge in [-0.05, 0) is 5.56 Å². The van der Waals surface area contributed by atoms with Gasteiger partial charge in [0.25, 0.3) is 0 Å². The van der Waals surface area contributed by atoms with Crippen molar-refractivity contribution in [2.75, 3.05) is 26.8 Å². The maximum Gasteiger partial charge on any atom is 0.249 e. The highest BCUT2D eigenvalue weighted by atomic mass is 16.5. The van der Waals surface area contributed by atoms with Gasteiger partial charge in [0.05, 0.1) is 13.2 Å². The van der Waals surface area contributed by atoms with Gasteiger partial charge in [0, 0.05) is 13.6 Å². The number of hydrogen-bond acceptors (Lipinski definition) is 4. The number of hydrogen-bond donors (Lipinski definition) is 1. The van der Waals surface area contributed by atoms with Crippen LogP contribution in [0.1, 0.15) is 5.56 Å². The van der Waals surface area contributed by atoms with Gasteiger partial charge in [0.15, 0.2) is 0 Å². The minimum Gasteiger partial charge on any atom is -0.369 e. The molecule has 7 nitrogen and oxygen atoms in total. The zero-order valence-electron chi connectivity index (χ0n) is 12.4. The maximum absolute atomic E-state index is 12.4. The highest BCUT2D eigenvalue weighted by molar-refractivity contribution is 5.91. The van der Waals surface area contributed by atoms with Gasteiger partial charge < -0.3 is 20.3 Å². The summed E-state index contributed by atoms with van der Waals surface area (Å²) in [4.78, 5) is 38.2. The minimum absolute atomic E-state index is 0.0455. The Morgan fingerprint density at radius 1 is 1.36 bits per heavy atom. The Morgan fingerprint density at radius 2 is 2.05 bits per heavy atom. The summed E-state index contributed by atoms with van der Waals surface area (Å²) in [5, 5.41) is 0. The van der Waals surface area contributed by atoms with E-state index in [2.05, 4.69) is 0 Å². The normalized spacial score (nSPS) is 18.1.